The molecular weight excluding hydrogens is 1510 g/mol. The number of carbonyl (C=O) groups excluding carboxylic acids is 8. The summed E-state index contributed by atoms with van der Waals surface area (Å²) in [6.45, 7) is 5.48. The number of ether oxygens (including phenoxy) is 8. The number of aldehydes is 1. The smallest absolute Gasteiger partial charge is 0.330 e. The van der Waals surface area contributed by atoms with E-state index in [0.29, 0.717) is 0 Å². The van der Waals surface area contributed by atoms with Crippen LogP contribution in [0.4, 0.5) is 0 Å². The normalized spacial score (nSPS) is 30.7. The molecule has 0 radical (unpaired) electrons. The Morgan fingerprint density at radius 2 is 1.41 bits per heavy atom. The van der Waals surface area contributed by atoms with Crippen molar-refractivity contribution >= 4 is 76.6 Å². The van der Waals surface area contributed by atoms with E-state index >= 15 is 24.0 Å². The average Bonchev–Trinajstić information content (AvgIpc) is 0.765. The van der Waals surface area contributed by atoms with Crippen LogP contribution in [-0.2, 0) is 66.8 Å². The first-order valence-electron chi connectivity index (χ1n) is 35.0. The molecule has 5 amide bonds. The van der Waals surface area contributed by atoms with E-state index in [2.05, 4.69) is 26.6 Å². The van der Waals surface area contributed by atoms with Crippen molar-refractivity contribution < 1.29 is 137 Å². The third-order valence-corrected chi connectivity index (χ3v) is 20.5. The van der Waals surface area contributed by atoms with Gasteiger partial charge >= 0.3 is 5.97 Å². The highest BCUT2D eigenvalue weighted by atomic mass is 35.5. The zero-order valence-electron chi connectivity index (χ0n) is 59.8. The number of aliphatic hydroxyl groups excluding tert-OH is 7. The number of carboxylic acids is 1. The van der Waals surface area contributed by atoms with Crippen molar-refractivity contribution in [1.29, 1.82) is 0 Å². The Morgan fingerprint density at radius 1 is 0.748 bits per heavy atom. The summed E-state index contributed by atoms with van der Waals surface area (Å²) < 4.78 is 49.9. The molecule has 111 heavy (non-hydrogen) atoms. The monoisotopic (exact) mass is 1590 g/mol. The first-order valence-corrected chi connectivity index (χ1v) is 35.8. The van der Waals surface area contributed by atoms with Crippen molar-refractivity contribution in [3.63, 3.8) is 0 Å². The number of hydrogen-bond acceptors (Lipinski definition) is 29. The number of aromatic hydroxyl groups is 3. The first kappa shape index (κ1) is 82.3. The Kier molecular flexibility index (Phi) is 25.0. The van der Waals surface area contributed by atoms with E-state index in [1.54, 1.807) is 0 Å². The third kappa shape index (κ3) is 17.7. The summed E-state index contributed by atoms with van der Waals surface area (Å²) in [6.07, 6.45) is -26.3. The highest BCUT2D eigenvalue weighted by Gasteiger charge is 2.52. The van der Waals surface area contributed by atoms with Crippen molar-refractivity contribution in [2.75, 3.05) is 13.7 Å². The maximum atomic E-state index is 16.4. The second-order valence-corrected chi connectivity index (χ2v) is 29.4. The molecule has 1 unspecified atom stereocenters. The molecule has 37 heteroatoms. The zero-order valence-corrected chi connectivity index (χ0v) is 61.3. The minimum atomic E-state index is -2.33. The Morgan fingerprint density at radius 3 is 2.02 bits per heavy atom. The van der Waals surface area contributed by atoms with Crippen LogP contribution in [-0.4, -0.2) is 215 Å². The van der Waals surface area contributed by atoms with Crippen molar-refractivity contribution in [3.05, 3.63) is 129 Å². The molecular formula is C74H83Cl2N7O28. The number of amides is 5. The largest absolute Gasteiger partial charge is 0.508 e. The number of phenolic OH excluding ortho intramolecular Hbond substituents is 3. The van der Waals surface area contributed by atoms with Crippen LogP contribution in [0.3, 0.4) is 0 Å². The van der Waals surface area contributed by atoms with Gasteiger partial charge in [-0.1, -0.05) is 55.2 Å². The molecule has 21 atom stereocenters. The molecule has 35 nitrogen and oxygen atoms in total. The summed E-state index contributed by atoms with van der Waals surface area (Å²) in [7, 11) is 1.48. The molecule has 596 valence electrons. The van der Waals surface area contributed by atoms with Crippen molar-refractivity contribution in [1.82, 2.24) is 26.6 Å². The van der Waals surface area contributed by atoms with Gasteiger partial charge in [0, 0.05) is 54.0 Å². The molecule has 0 saturated carbocycles. The van der Waals surface area contributed by atoms with Gasteiger partial charge in [0.05, 0.1) is 46.7 Å². The second-order valence-electron chi connectivity index (χ2n) is 28.6. The van der Waals surface area contributed by atoms with E-state index in [0.717, 1.165) is 66.7 Å². The molecule has 0 spiro atoms. The number of likely N-dealkylation sites (N-methyl/N-ethyl adjacent to an activating group) is 1. The number of aliphatic carboxylic acids is 1. The lowest BCUT2D eigenvalue weighted by Crippen LogP contribution is -2.62. The molecule has 2 fully saturated rings. The van der Waals surface area contributed by atoms with E-state index in [-0.39, 0.29) is 52.5 Å². The molecule has 0 aliphatic carbocycles. The summed E-state index contributed by atoms with van der Waals surface area (Å²) in [5.74, 6) is -19.8. The number of nitrogens with two attached hydrogens (primary N) is 2. The van der Waals surface area contributed by atoms with Crippen molar-refractivity contribution in [3.8, 4) is 57.1 Å². The molecule has 8 aliphatic heterocycles. The van der Waals surface area contributed by atoms with Gasteiger partial charge in [-0.25, -0.2) is 4.79 Å². The first-order chi connectivity index (χ1) is 52.5. The molecule has 8 aliphatic rings. The lowest BCUT2D eigenvalue weighted by molar-refractivity contribution is -0.320. The van der Waals surface area contributed by atoms with Crippen LogP contribution >= 0.6 is 23.2 Å². The Hall–Kier alpha value is -9.67. The number of primary amides is 1. The quantitative estimate of drug-likeness (QED) is 0.0618. The molecule has 8 heterocycles. The van der Waals surface area contributed by atoms with Crippen molar-refractivity contribution in [2.45, 2.75) is 181 Å². The van der Waals surface area contributed by atoms with Crippen molar-refractivity contribution in [2.24, 2.45) is 23.3 Å². The number of phenols is 3. The zero-order chi connectivity index (χ0) is 80.7. The van der Waals surface area contributed by atoms with E-state index in [9.17, 15) is 75.3 Å². The summed E-state index contributed by atoms with van der Waals surface area (Å²) in [6, 6.07) is 4.33. The van der Waals surface area contributed by atoms with Gasteiger partial charge in [-0.05, 0) is 116 Å². The van der Waals surface area contributed by atoms with Crippen LogP contribution in [0.15, 0.2) is 90.7 Å². The topological polar surface area (TPSA) is 562 Å². The van der Waals surface area contributed by atoms with E-state index in [4.69, 9.17) is 72.6 Å². The summed E-state index contributed by atoms with van der Waals surface area (Å²) in [5, 5.41) is 138. The molecule has 13 rings (SSSR count). The standard InChI is InChI=1S/C74H83Cl2N7O28/c1-27(2)12-41(79-5)69(100)82-57-44(89)16-33(19-52(77)92)67(98)80-55-32-17-49(106-47-10-7-30(59(57)93)14-39(47)75)64(110-73-62(96)61(95)65(51(26-85)108-73)111-72-60(94)46(91)22-35(25-84)105-72)50(18-32)107-48-11-8-31(15-40(48)76)63(109-53-24-74(4,78)66(97)28(3)104-53)58-70(101)81-56(71(102)103)38-20-34(86)21-43(88)54(38)37-13-29(6-9-42(37)87)36(23-45(55)90)68(99)83-58/h6-11,13-15,17-18,20-22,25,27-28,33,36,41,46,51,53,55-63,65-66,72-73,79,85-88,91,93-97H,12,16,19,23-24,26,78H2,1-5H3,(H2,77,92)(H,80,98)(H,81,101)(H,82,100)(H,83,99)(H,102,103)/t28-,33-,36+,41+,46-,51+,53-,55+,56+,57-,58?,59+,60+,61+,62+,63+,65+,66-,72-,73-,74-/m0/s1. The van der Waals surface area contributed by atoms with Gasteiger partial charge in [0.25, 0.3) is 0 Å². The lowest BCUT2D eigenvalue weighted by atomic mass is 9.84. The highest BCUT2D eigenvalue weighted by molar-refractivity contribution is 6.32. The fourth-order valence-electron chi connectivity index (χ4n) is 14.2. The van der Waals surface area contributed by atoms with Crippen LogP contribution in [0.25, 0.3) is 11.1 Å². The van der Waals surface area contributed by atoms with Gasteiger partial charge in [0.2, 0.25) is 47.9 Å². The van der Waals surface area contributed by atoms with E-state index < -0.39 is 274 Å². The van der Waals surface area contributed by atoms with Crippen LogP contribution in [0, 0.1) is 11.8 Å². The number of Topliss-reactive ketones (excluding diaryl/α,β-unsaturated/α-hetero) is 2. The number of nitrogens with one attached hydrogen (secondary N) is 5. The maximum Gasteiger partial charge on any atom is 0.330 e. The number of carboxylic acid groups (broad SMARTS) is 1. The summed E-state index contributed by atoms with van der Waals surface area (Å²) >= 11 is 14.4. The number of allylic oxidation sites excluding steroid dienone is 1. The SMILES string of the molecule is CN[C@H](CC(C)C)C(=O)N[C@H]1C(=O)C[C@@H](CC(N)=O)C(=O)N[C@H]2C(=O)C[C@H]3C(=O)NC(C(=O)N[C@@H](C(=O)O)c4cc(O)cc(O)c4-c4cc3ccc4O)[C@H](O[C@H]3C[C@](C)(N)[C@@H](O)[C@H](C)O3)c3ccc(c(Cl)c3)Oc3cc2cc(c3O[C@@H]2O[C@H](CO)[C@@H](O[C@@H]3OC(C=O)=C[C@H](O)[C@H]3O)[C@H](O)[C@H]2O)Oc2ccc(cc2Cl)[C@H]1O. The van der Waals surface area contributed by atoms with E-state index in [1.165, 1.54) is 39.1 Å². The van der Waals surface area contributed by atoms with Gasteiger partial charge in [-0.15, -0.1) is 0 Å². The number of halogens is 2. The number of carbonyl (C=O) groups is 9. The van der Waals surface area contributed by atoms with Crippen LogP contribution in [0.5, 0.6) is 46.0 Å². The summed E-state index contributed by atoms with van der Waals surface area (Å²) in [4.78, 5) is 132. The van der Waals surface area contributed by atoms with Gasteiger partial charge in [-0.3, -0.25) is 38.4 Å². The third-order valence-electron chi connectivity index (χ3n) is 19.9. The molecule has 11 bridgehead atoms. The van der Waals surface area contributed by atoms with Gasteiger partial charge in [-0.2, -0.15) is 0 Å². The lowest BCUT2D eigenvalue weighted by Gasteiger charge is -2.44. The average molecular weight is 1590 g/mol. The minimum absolute atomic E-state index is 0.102. The highest BCUT2D eigenvalue weighted by Crippen LogP contribution is 2.51. The Labute approximate surface area is 641 Å². The van der Waals surface area contributed by atoms with Crippen LogP contribution < -0.4 is 52.3 Å². The number of hydrogen-bond donors (Lipinski definition) is 18. The summed E-state index contributed by atoms with van der Waals surface area (Å²) in [5.41, 5.74) is 8.41. The molecule has 0 aromatic heterocycles. The van der Waals surface area contributed by atoms with E-state index in [1.807, 2.05) is 13.8 Å². The molecule has 20 N–H and O–H groups in total. The maximum absolute atomic E-state index is 16.4. The van der Waals surface area contributed by atoms with Gasteiger partial charge in [0.1, 0.15) is 95.7 Å². The number of benzene rings is 5. The number of fused-ring (bicyclic) bond motifs is 15. The Bertz CT molecular complexity index is 4490. The second kappa shape index (κ2) is 33.7. The van der Waals surface area contributed by atoms with Crippen LogP contribution in [0.1, 0.15) is 118 Å². The fraction of sp³-hybridized carbons (Fsp3) is 0.446. The Balaban J connectivity index is 1.17. The van der Waals surface area contributed by atoms with Gasteiger partial charge in [0.15, 0.2) is 47.4 Å². The minimum Gasteiger partial charge on any atom is -0.508 e. The predicted octanol–water partition coefficient (Wildman–Crippen LogP) is 1.27. The molecule has 5 aromatic carbocycles. The fourth-order valence-corrected chi connectivity index (χ4v) is 14.6. The van der Waals surface area contributed by atoms with Gasteiger partial charge < -0.3 is 132 Å². The predicted molar refractivity (Wildman–Crippen MR) is 382 cm³/mol. The van der Waals surface area contributed by atoms with Crippen LogP contribution in [0.2, 0.25) is 10.0 Å². The number of ketones is 2. The molecule has 5 aromatic rings. The molecule has 2 saturated heterocycles. The number of aliphatic hydroxyl groups is 7. The number of rotatable bonds is 16.